The minimum Gasteiger partial charge on any atom is -0.370 e. The second kappa shape index (κ2) is 6.60. The largest absolute Gasteiger partial charge is 0.416 e. The average Bonchev–Trinajstić information content (AvgIpc) is 2.61. The van der Waals surface area contributed by atoms with Crippen LogP contribution in [-0.2, 0) is 10.9 Å². The van der Waals surface area contributed by atoms with Crippen molar-refractivity contribution >= 4 is 5.91 Å². The summed E-state index contributed by atoms with van der Waals surface area (Å²) < 4.78 is 45.0. The third-order valence-electron chi connectivity index (χ3n) is 3.88. The zero-order valence-electron chi connectivity index (χ0n) is 12.7. The number of carbonyl (C=O) groups excluding carboxylic acids is 1. The van der Waals surface area contributed by atoms with E-state index in [4.69, 9.17) is 4.74 Å². The first-order valence-electron chi connectivity index (χ1n) is 7.44. The summed E-state index contributed by atoms with van der Waals surface area (Å²) in [5.41, 5.74) is -0.276. The summed E-state index contributed by atoms with van der Waals surface area (Å²) in [7, 11) is 0. The standard InChI is InChI=1S/C17H15F3N2O2/c18-17(19,20)14-6-2-1-5-13(14)15-11-22(8-9-24-15)16(23)12-4-3-7-21-10-12/h1-7,10,15H,8-9,11H2/t15-/m0/s1. The summed E-state index contributed by atoms with van der Waals surface area (Å²) in [4.78, 5) is 17.9. The summed E-state index contributed by atoms with van der Waals surface area (Å²) in [5.74, 6) is -0.263. The number of benzene rings is 1. The van der Waals surface area contributed by atoms with Crippen LogP contribution in [0.25, 0.3) is 0 Å². The van der Waals surface area contributed by atoms with Gasteiger partial charge < -0.3 is 9.64 Å². The minimum absolute atomic E-state index is 0.0497. The molecule has 1 aliphatic rings. The summed E-state index contributed by atoms with van der Waals surface area (Å²) in [5, 5.41) is 0. The number of carbonyl (C=O) groups is 1. The highest BCUT2D eigenvalue weighted by Gasteiger charge is 2.37. The Kier molecular flexibility index (Phi) is 4.53. The molecule has 1 fully saturated rings. The number of pyridine rings is 1. The number of halogens is 3. The summed E-state index contributed by atoms with van der Waals surface area (Å²) >= 11 is 0. The molecule has 0 saturated carbocycles. The van der Waals surface area contributed by atoms with E-state index in [1.165, 1.54) is 29.3 Å². The van der Waals surface area contributed by atoms with E-state index in [1.54, 1.807) is 18.3 Å². The van der Waals surface area contributed by atoms with Crippen LogP contribution < -0.4 is 0 Å². The van der Waals surface area contributed by atoms with Gasteiger partial charge in [0.25, 0.3) is 5.91 Å². The van der Waals surface area contributed by atoms with Gasteiger partial charge in [-0.15, -0.1) is 0 Å². The van der Waals surface area contributed by atoms with Crippen molar-refractivity contribution in [2.45, 2.75) is 12.3 Å². The molecule has 1 saturated heterocycles. The van der Waals surface area contributed by atoms with Crippen molar-refractivity contribution in [2.24, 2.45) is 0 Å². The molecule has 0 aliphatic carbocycles. The molecule has 3 rings (SSSR count). The smallest absolute Gasteiger partial charge is 0.370 e. The molecule has 1 aromatic carbocycles. The number of nitrogens with zero attached hydrogens (tertiary/aromatic N) is 2. The van der Waals surface area contributed by atoms with Gasteiger partial charge in [-0.3, -0.25) is 9.78 Å². The number of morpholine rings is 1. The maximum atomic E-state index is 13.2. The quantitative estimate of drug-likeness (QED) is 0.845. The van der Waals surface area contributed by atoms with Gasteiger partial charge in [0, 0.05) is 18.9 Å². The number of rotatable bonds is 2. The highest BCUT2D eigenvalue weighted by molar-refractivity contribution is 5.93. The molecule has 7 heteroatoms. The lowest BCUT2D eigenvalue weighted by Crippen LogP contribution is -2.42. The van der Waals surface area contributed by atoms with Gasteiger partial charge in [-0.2, -0.15) is 13.2 Å². The Balaban J connectivity index is 1.83. The van der Waals surface area contributed by atoms with Crippen LogP contribution in [-0.4, -0.2) is 35.5 Å². The Hall–Kier alpha value is -2.41. The lowest BCUT2D eigenvalue weighted by Gasteiger charge is -2.34. The zero-order chi connectivity index (χ0) is 17.2. The van der Waals surface area contributed by atoms with Crippen LogP contribution in [0.2, 0.25) is 0 Å². The van der Waals surface area contributed by atoms with E-state index in [-0.39, 0.29) is 24.6 Å². The van der Waals surface area contributed by atoms with Gasteiger partial charge in [-0.25, -0.2) is 0 Å². The fourth-order valence-corrected chi connectivity index (χ4v) is 2.73. The Morgan fingerprint density at radius 1 is 1.21 bits per heavy atom. The minimum atomic E-state index is -4.46. The van der Waals surface area contributed by atoms with Crippen LogP contribution in [0.3, 0.4) is 0 Å². The van der Waals surface area contributed by atoms with Gasteiger partial charge in [0.15, 0.2) is 0 Å². The first-order chi connectivity index (χ1) is 11.5. The second-order valence-corrected chi connectivity index (χ2v) is 5.44. The fourth-order valence-electron chi connectivity index (χ4n) is 2.73. The lowest BCUT2D eigenvalue weighted by molar-refractivity contribution is -0.140. The topological polar surface area (TPSA) is 42.4 Å². The highest BCUT2D eigenvalue weighted by Crippen LogP contribution is 2.36. The van der Waals surface area contributed by atoms with E-state index < -0.39 is 17.8 Å². The molecule has 2 aromatic rings. The van der Waals surface area contributed by atoms with Crippen LogP contribution in [0, 0.1) is 0 Å². The molecule has 0 unspecified atom stereocenters. The van der Waals surface area contributed by atoms with Crippen LogP contribution in [0.1, 0.15) is 27.6 Å². The number of aromatic nitrogens is 1. The third-order valence-corrected chi connectivity index (χ3v) is 3.88. The average molecular weight is 336 g/mol. The van der Waals surface area contributed by atoms with Gasteiger partial charge in [0.1, 0.15) is 6.10 Å². The number of amides is 1. The molecule has 24 heavy (non-hydrogen) atoms. The second-order valence-electron chi connectivity index (χ2n) is 5.44. The normalized spacial score (nSPS) is 18.5. The van der Waals surface area contributed by atoms with E-state index in [0.29, 0.717) is 12.1 Å². The SMILES string of the molecule is O=C(c1cccnc1)N1CCO[C@H](c2ccccc2C(F)(F)F)C1. The predicted molar refractivity (Wildman–Crippen MR) is 80.3 cm³/mol. The summed E-state index contributed by atoms with van der Waals surface area (Å²) in [6.07, 6.45) is -2.28. The molecular weight excluding hydrogens is 321 g/mol. The number of alkyl halides is 3. The van der Waals surface area contributed by atoms with E-state index in [2.05, 4.69) is 4.98 Å². The third kappa shape index (κ3) is 3.41. The number of ether oxygens (including phenoxy) is 1. The Labute approximate surface area is 136 Å². The number of hydrogen-bond acceptors (Lipinski definition) is 3. The van der Waals surface area contributed by atoms with Crippen LogP contribution in [0.5, 0.6) is 0 Å². The van der Waals surface area contributed by atoms with E-state index in [0.717, 1.165) is 6.07 Å². The van der Waals surface area contributed by atoms with Crippen LogP contribution >= 0.6 is 0 Å². The van der Waals surface area contributed by atoms with Crippen molar-refractivity contribution in [1.29, 1.82) is 0 Å². The molecular formula is C17H15F3N2O2. The van der Waals surface area contributed by atoms with Gasteiger partial charge in [-0.05, 0) is 23.8 Å². The van der Waals surface area contributed by atoms with Gasteiger partial charge in [-0.1, -0.05) is 18.2 Å². The lowest BCUT2D eigenvalue weighted by atomic mass is 10.0. The molecule has 1 atom stereocenters. The molecule has 0 bridgehead atoms. The van der Waals surface area contributed by atoms with Gasteiger partial charge in [0.05, 0.1) is 24.3 Å². The van der Waals surface area contributed by atoms with Crippen molar-refractivity contribution < 1.29 is 22.7 Å². The molecule has 1 aromatic heterocycles. The van der Waals surface area contributed by atoms with Crippen molar-refractivity contribution in [3.8, 4) is 0 Å². The first-order valence-corrected chi connectivity index (χ1v) is 7.44. The number of hydrogen-bond donors (Lipinski definition) is 0. The molecule has 1 amide bonds. The van der Waals surface area contributed by atoms with Crippen LogP contribution in [0.4, 0.5) is 13.2 Å². The molecule has 126 valence electrons. The van der Waals surface area contributed by atoms with Crippen LogP contribution in [0.15, 0.2) is 48.8 Å². The first kappa shape index (κ1) is 16.4. The monoisotopic (exact) mass is 336 g/mol. The fraction of sp³-hybridized carbons (Fsp3) is 0.294. The van der Waals surface area contributed by atoms with Gasteiger partial charge >= 0.3 is 6.18 Å². The molecule has 0 spiro atoms. The Bertz CT molecular complexity index is 719. The summed E-state index contributed by atoms with van der Waals surface area (Å²) in [6, 6.07) is 8.57. The predicted octanol–water partition coefficient (Wildman–Crippen LogP) is 3.31. The Morgan fingerprint density at radius 3 is 2.71 bits per heavy atom. The maximum absolute atomic E-state index is 13.2. The summed E-state index contributed by atoms with van der Waals surface area (Å²) in [6.45, 7) is 0.585. The molecule has 2 heterocycles. The molecule has 1 aliphatic heterocycles. The van der Waals surface area contributed by atoms with E-state index in [1.807, 2.05) is 0 Å². The maximum Gasteiger partial charge on any atom is 0.416 e. The van der Waals surface area contributed by atoms with Gasteiger partial charge in [0.2, 0.25) is 0 Å². The highest BCUT2D eigenvalue weighted by atomic mass is 19.4. The molecule has 0 N–H and O–H groups in total. The van der Waals surface area contributed by atoms with Crippen molar-refractivity contribution in [1.82, 2.24) is 9.88 Å². The van der Waals surface area contributed by atoms with Crippen molar-refractivity contribution in [3.63, 3.8) is 0 Å². The van der Waals surface area contributed by atoms with E-state index in [9.17, 15) is 18.0 Å². The Morgan fingerprint density at radius 2 is 2.00 bits per heavy atom. The van der Waals surface area contributed by atoms with E-state index >= 15 is 0 Å². The zero-order valence-corrected chi connectivity index (χ0v) is 12.7. The molecule has 0 radical (unpaired) electrons. The van der Waals surface area contributed by atoms with Crippen molar-refractivity contribution in [2.75, 3.05) is 19.7 Å². The molecule has 4 nitrogen and oxygen atoms in total. The van der Waals surface area contributed by atoms with Crippen molar-refractivity contribution in [3.05, 3.63) is 65.5 Å².